The van der Waals surface area contributed by atoms with Crippen LogP contribution in [0.15, 0.2) is 216 Å². The van der Waals surface area contributed by atoms with Gasteiger partial charge < -0.3 is 10.6 Å². The topological polar surface area (TPSA) is 48.5 Å². The van der Waals surface area contributed by atoms with Gasteiger partial charge in [0.2, 0.25) is 0 Å². The molecule has 7 aromatic rings. The van der Waals surface area contributed by atoms with Crippen molar-refractivity contribution in [3.05, 3.63) is 239 Å². The first kappa shape index (κ1) is 34.9. The highest BCUT2D eigenvalue weighted by Gasteiger charge is 2.48. The van der Waals surface area contributed by atoms with E-state index in [1.807, 2.05) is 11.8 Å². The molecule has 0 spiro atoms. The summed E-state index contributed by atoms with van der Waals surface area (Å²) in [5.74, 6) is 1.16. The summed E-state index contributed by atoms with van der Waals surface area (Å²) in [7, 11) is 0. The fraction of sp³-hybridized carbons (Fsp3) is 0.0962. The SMILES string of the molecule is C1=CC2c3ccccc3SC2C(/C(=N/NCNc2c(-c3ccccc3)ccc3c2C(c2ccccc2)(c2ccccc2)c2ccccc2-3)NCc2ccccc2)=C1. The average molecular weight is 755 g/mol. The van der Waals surface area contributed by atoms with Crippen molar-refractivity contribution in [3.8, 4) is 22.3 Å². The molecule has 1 aliphatic heterocycles. The van der Waals surface area contributed by atoms with Crippen LogP contribution in [0.1, 0.15) is 39.3 Å². The second-order valence-electron chi connectivity index (χ2n) is 14.7. The number of hydrazone groups is 1. The lowest BCUT2D eigenvalue weighted by Gasteiger charge is -2.36. The Morgan fingerprint density at radius 2 is 1.25 bits per heavy atom. The van der Waals surface area contributed by atoms with Gasteiger partial charge in [0, 0.05) is 45.0 Å². The van der Waals surface area contributed by atoms with Crippen LogP contribution in [0, 0.1) is 0 Å². The van der Waals surface area contributed by atoms with Gasteiger partial charge in [-0.1, -0.05) is 194 Å². The maximum Gasteiger partial charge on any atom is 0.150 e. The third kappa shape index (κ3) is 6.16. The summed E-state index contributed by atoms with van der Waals surface area (Å²) in [5, 5.41) is 13.1. The molecule has 0 aromatic heterocycles. The Hall–Kier alpha value is -6.56. The molecule has 3 N–H and O–H groups in total. The van der Waals surface area contributed by atoms with Crippen LogP contribution in [-0.2, 0) is 12.0 Å². The zero-order chi connectivity index (χ0) is 38.0. The first-order valence-electron chi connectivity index (χ1n) is 19.7. The van der Waals surface area contributed by atoms with Gasteiger partial charge in [0.1, 0.15) is 6.67 Å². The number of rotatable bonds is 10. The second-order valence-corrected chi connectivity index (χ2v) is 15.9. The zero-order valence-corrected chi connectivity index (χ0v) is 32.3. The summed E-state index contributed by atoms with van der Waals surface area (Å²) in [5.41, 5.74) is 17.6. The molecule has 2 unspecified atom stereocenters. The van der Waals surface area contributed by atoms with Crippen LogP contribution >= 0.6 is 11.8 Å². The number of allylic oxidation sites excluding steroid dienone is 3. The van der Waals surface area contributed by atoms with Crippen molar-refractivity contribution in [1.82, 2.24) is 10.7 Å². The van der Waals surface area contributed by atoms with Crippen LogP contribution < -0.4 is 16.1 Å². The molecule has 0 bridgehead atoms. The maximum atomic E-state index is 5.17. The Morgan fingerprint density at radius 1 is 0.614 bits per heavy atom. The molecule has 0 radical (unpaired) electrons. The van der Waals surface area contributed by atoms with Crippen molar-refractivity contribution in [3.63, 3.8) is 0 Å². The summed E-state index contributed by atoms with van der Waals surface area (Å²) in [6, 6.07) is 65.6. The number of thioether (sulfide) groups is 1. The van der Waals surface area contributed by atoms with Gasteiger partial charge in [0.15, 0.2) is 5.84 Å². The number of hydrogen-bond donors (Lipinski definition) is 3. The maximum absolute atomic E-state index is 5.17. The lowest BCUT2D eigenvalue weighted by Crippen LogP contribution is -2.34. The third-order valence-electron chi connectivity index (χ3n) is 11.6. The second kappa shape index (κ2) is 15.2. The molecule has 0 saturated carbocycles. The van der Waals surface area contributed by atoms with E-state index in [2.05, 4.69) is 216 Å². The van der Waals surface area contributed by atoms with Gasteiger partial charge >= 0.3 is 0 Å². The number of fused-ring (bicyclic) bond motifs is 6. The number of anilines is 1. The molecule has 2 atom stereocenters. The highest BCUT2D eigenvalue weighted by molar-refractivity contribution is 8.00. The molecule has 57 heavy (non-hydrogen) atoms. The Kier molecular flexibility index (Phi) is 9.29. The quantitative estimate of drug-likeness (QED) is 0.0428. The van der Waals surface area contributed by atoms with Gasteiger partial charge in [-0.3, -0.25) is 5.43 Å². The average Bonchev–Trinajstić information content (AvgIpc) is 3.82. The number of amidine groups is 1. The Morgan fingerprint density at radius 3 is 2.00 bits per heavy atom. The van der Waals surface area contributed by atoms with Crippen molar-refractivity contribution < 1.29 is 0 Å². The lowest BCUT2D eigenvalue weighted by atomic mass is 9.67. The summed E-state index contributed by atoms with van der Waals surface area (Å²) in [4.78, 5) is 1.34. The van der Waals surface area contributed by atoms with E-state index in [9.17, 15) is 0 Å². The van der Waals surface area contributed by atoms with Crippen molar-refractivity contribution in [2.24, 2.45) is 5.10 Å². The van der Waals surface area contributed by atoms with Crippen molar-refractivity contribution >= 4 is 23.3 Å². The smallest absolute Gasteiger partial charge is 0.150 e. The van der Waals surface area contributed by atoms with Crippen LogP contribution in [0.25, 0.3) is 22.3 Å². The standard InChI is InChI=1S/C52H42N4S/c1-5-18-36(19-6-1)34-53-51(45-29-17-28-44-42-27-14-16-31-47(42)57-50(44)45)56-55-35-54-49-40(37-20-7-2-8-21-37)32-33-43-41-26-13-15-30-46(41)52(48(43)49,38-22-9-3-10-23-38)39-24-11-4-12-25-39/h1-33,44,50,54-55H,34-35H2,(H,53,56). The van der Waals surface area contributed by atoms with E-state index in [0.717, 1.165) is 22.6 Å². The first-order valence-corrected chi connectivity index (χ1v) is 20.6. The summed E-state index contributed by atoms with van der Waals surface area (Å²) in [6.45, 7) is 1.08. The molecule has 2 aliphatic carbocycles. The minimum Gasteiger partial charge on any atom is -0.366 e. The van der Waals surface area contributed by atoms with Gasteiger partial charge in [-0.2, -0.15) is 5.10 Å². The monoisotopic (exact) mass is 754 g/mol. The van der Waals surface area contributed by atoms with E-state index in [0.29, 0.717) is 19.1 Å². The van der Waals surface area contributed by atoms with E-state index in [1.54, 1.807) is 0 Å². The number of benzene rings is 7. The van der Waals surface area contributed by atoms with Crippen LogP contribution in [0.4, 0.5) is 5.69 Å². The summed E-state index contributed by atoms with van der Waals surface area (Å²) < 4.78 is 0. The Bertz CT molecular complexity index is 2600. The normalized spacial score (nSPS) is 17.1. The van der Waals surface area contributed by atoms with Crippen LogP contribution in [0.3, 0.4) is 0 Å². The molecule has 3 aliphatic rings. The molecule has 0 saturated heterocycles. The van der Waals surface area contributed by atoms with E-state index < -0.39 is 5.41 Å². The van der Waals surface area contributed by atoms with Crippen LogP contribution in [0.2, 0.25) is 0 Å². The molecule has 5 heteroatoms. The Labute approximate surface area is 339 Å². The first-order chi connectivity index (χ1) is 28.3. The number of nitrogens with zero attached hydrogens (tertiary/aromatic N) is 1. The highest BCUT2D eigenvalue weighted by Crippen LogP contribution is 2.59. The van der Waals surface area contributed by atoms with Crippen molar-refractivity contribution in [1.29, 1.82) is 0 Å². The molecule has 0 amide bonds. The fourth-order valence-electron chi connectivity index (χ4n) is 9.10. The predicted molar refractivity (Wildman–Crippen MR) is 238 cm³/mol. The van der Waals surface area contributed by atoms with Gasteiger partial charge in [0.25, 0.3) is 0 Å². The van der Waals surface area contributed by atoms with Crippen LogP contribution in [-0.4, -0.2) is 17.8 Å². The summed E-state index contributed by atoms with van der Waals surface area (Å²) in [6.07, 6.45) is 6.76. The third-order valence-corrected chi connectivity index (χ3v) is 13.0. The Balaban J connectivity index is 1.07. The molecule has 1 heterocycles. The zero-order valence-electron chi connectivity index (χ0n) is 31.5. The van der Waals surface area contributed by atoms with Gasteiger partial charge in [-0.05, 0) is 50.6 Å². The molecule has 4 nitrogen and oxygen atoms in total. The van der Waals surface area contributed by atoms with Crippen molar-refractivity contribution in [2.75, 3.05) is 12.0 Å². The number of hydrogen-bond acceptors (Lipinski definition) is 4. The molecule has 10 rings (SSSR count). The van der Waals surface area contributed by atoms with Gasteiger partial charge in [-0.15, -0.1) is 11.8 Å². The fourth-order valence-corrected chi connectivity index (χ4v) is 10.6. The van der Waals surface area contributed by atoms with Crippen molar-refractivity contribution in [2.45, 2.75) is 28.0 Å². The molecule has 7 aromatic carbocycles. The minimum absolute atomic E-state index is 0.238. The van der Waals surface area contributed by atoms with E-state index in [4.69, 9.17) is 5.10 Å². The van der Waals surface area contributed by atoms with Gasteiger partial charge in [-0.25, -0.2) is 0 Å². The molecular formula is C52H42N4S. The molecule has 0 fully saturated rings. The predicted octanol–water partition coefficient (Wildman–Crippen LogP) is 11.5. The van der Waals surface area contributed by atoms with Crippen LogP contribution in [0.5, 0.6) is 0 Å². The van der Waals surface area contributed by atoms with E-state index in [1.165, 1.54) is 55.0 Å². The number of nitrogens with one attached hydrogen (secondary N) is 3. The van der Waals surface area contributed by atoms with E-state index >= 15 is 0 Å². The van der Waals surface area contributed by atoms with E-state index in [-0.39, 0.29) is 5.25 Å². The minimum atomic E-state index is -0.559. The largest absolute Gasteiger partial charge is 0.366 e. The molecular weight excluding hydrogens is 713 g/mol. The lowest BCUT2D eigenvalue weighted by molar-refractivity contribution is 0.750. The molecule has 276 valence electrons. The summed E-state index contributed by atoms with van der Waals surface area (Å²) >= 11 is 1.93. The highest BCUT2D eigenvalue weighted by atomic mass is 32.2. The van der Waals surface area contributed by atoms with Gasteiger partial charge in [0.05, 0.1) is 5.41 Å².